The van der Waals surface area contributed by atoms with E-state index in [1.54, 1.807) is 4.90 Å². The van der Waals surface area contributed by atoms with Gasteiger partial charge in [-0.2, -0.15) is 0 Å². The highest BCUT2D eigenvalue weighted by Gasteiger charge is 2.12. The molecule has 0 saturated carbocycles. The largest absolute Gasteiger partial charge is 0.466 e. The summed E-state index contributed by atoms with van der Waals surface area (Å²) in [5, 5.41) is 0. The molecule has 0 amide bonds. The fraction of sp³-hybridized carbons (Fsp3) is 0.714. The zero-order chi connectivity index (χ0) is 14.6. The molecule has 0 spiro atoms. The Hall–Kier alpha value is -1.40. The van der Waals surface area contributed by atoms with Gasteiger partial charge in [-0.25, -0.2) is 9.59 Å². The minimum atomic E-state index is -0.560. The molecule has 6 nitrogen and oxygen atoms in total. The van der Waals surface area contributed by atoms with Gasteiger partial charge < -0.3 is 19.1 Å². The van der Waals surface area contributed by atoms with Gasteiger partial charge in [0, 0.05) is 12.2 Å². The Morgan fingerprint density at radius 2 is 1.80 bits per heavy atom. The van der Waals surface area contributed by atoms with Gasteiger partial charge in [-0.05, 0) is 19.3 Å². The molecular formula is C14H24NO5+. The van der Waals surface area contributed by atoms with E-state index in [0.717, 1.165) is 64.3 Å². The lowest BCUT2D eigenvalue weighted by atomic mass is 10.2. The van der Waals surface area contributed by atoms with Crippen molar-refractivity contribution in [3.63, 3.8) is 0 Å². The third kappa shape index (κ3) is 7.91. The van der Waals surface area contributed by atoms with Gasteiger partial charge in [0.1, 0.15) is 13.1 Å². The second-order valence-electron chi connectivity index (χ2n) is 4.70. The summed E-state index contributed by atoms with van der Waals surface area (Å²) < 4.78 is 14.6. The average molecular weight is 286 g/mol. The second kappa shape index (κ2) is 10.4. The molecule has 0 bridgehead atoms. The molecule has 0 aliphatic carbocycles. The van der Waals surface area contributed by atoms with Gasteiger partial charge in [-0.1, -0.05) is 0 Å². The summed E-state index contributed by atoms with van der Waals surface area (Å²) >= 11 is 0. The molecule has 1 rings (SSSR count). The Balaban J connectivity index is 1.94. The minimum Gasteiger partial charge on any atom is -0.466 e. The highest BCUT2D eigenvalue weighted by Crippen LogP contribution is 1.95. The van der Waals surface area contributed by atoms with Crippen molar-refractivity contribution in [3.05, 3.63) is 12.2 Å². The first-order chi connectivity index (χ1) is 9.72. The van der Waals surface area contributed by atoms with Gasteiger partial charge in [0.05, 0.1) is 33.5 Å². The molecule has 20 heavy (non-hydrogen) atoms. The Bertz CT molecular complexity index is 324. The van der Waals surface area contributed by atoms with Gasteiger partial charge in [-0.3, -0.25) is 0 Å². The van der Waals surface area contributed by atoms with E-state index in [0.29, 0.717) is 6.61 Å². The summed E-state index contributed by atoms with van der Waals surface area (Å²) in [7, 11) is 1.26. The molecule has 0 aromatic heterocycles. The lowest BCUT2D eigenvalue weighted by Gasteiger charge is -2.23. The van der Waals surface area contributed by atoms with Crippen LogP contribution in [0.4, 0.5) is 0 Å². The quantitative estimate of drug-likeness (QED) is 0.365. The zero-order valence-corrected chi connectivity index (χ0v) is 12.1. The van der Waals surface area contributed by atoms with Crippen LogP contribution in [-0.2, 0) is 23.8 Å². The van der Waals surface area contributed by atoms with Crippen molar-refractivity contribution >= 4 is 11.9 Å². The number of hydrogen-bond donors (Lipinski definition) is 1. The number of unbranched alkanes of at least 4 members (excludes halogenated alkanes) is 2. The number of esters is 2. The number of hydrogen-bond acceptors (Lipinski definition) is 5. The molecular weight excluding hydrogens is 262 g/mol. The topological polar surface area (TPSA) is 66.3 Å². The second-order valence-corrected chi connectivity index (χ2v) is 4.70. The van der Waals surface area contributed by atoms with Crippen molar-refractivity contribution in [1.82, 2.24) is 0 Å². The van der Waals surface area contributed by atoms with Gasteiger partial charge >= 0.3 is 11.9 Å². The third-order valence-corrected chi connectivity index (χ3v) is 3.18. The SMILES string of the molecule is COC(=O)/C=C/C(=O)OCCCCC[NH+]1CCOCC1. The lowest BCUT2D eigenvalue weighted by molar-refractivity contribution is -0.908. The Labute approximate surface area is 119 Å². The molecule has 1 aliphatic heterocycles. The van der Waals surface area contributed by atoms with Crippen LogP contribution in [0, 0.1) is 0 Å². The monoisotopic (exact) mass is 286 g/mol. The first-order valence-corrected chi connectivity index (χ1v) is 7.06. The Morgan fingerprint density at radius 1 is 1.10 bits per heavy atom. The Morgan fingerprint density at radius 3 is 2.50 bits per heavy atom. The van der Waals surface area contributed by atoms with Crippen molar-refractivity contribution < 1.29 is 28.7 Å². The van der Waals surface area contributed by atoms with Crippen LogP contribution in [0.1, 0.15) is 19.3 Å². The number of morpholine rings is 1. The van der Waals surface area contributed by atoms with E-state index >= 15 is 0 Å². The van der Waals surface area contributed by atoms with Crippen LogP contribution in [0.25, 0.3) is 0 Å². The molecule has 0 radical (unpaired) electrons. The summed E-state index contributed by atoms with van der Waals surface area (Å²) in [4.78, 5) is 23.6. The molecule has 1 N–H and O–H groups in total. The maximum absolute atomic E-state index is 11.2. The predicted molar refractivity (Wildman–Crippen MR) is 72.3 cm³/mol. The van der Waals surface area contributed by atoms with E-state index in [-0.39, 0.29) is 0 Å². The zero-order valence-electron chi connectivity index (χ0n) is 12.1. The maximum Gasteiger partial charge on any atom is 0.331 e. The van der Waals surface area contributed by atoms with Crippen LogP contribution >= 0.6 is 0 Å². The van der Waals surface area contributed by atoms with Crippen molar-refractivity contribution in [1.29, 1.82) is 0 Å². The van der Waals surface area contributed by atoms with Gasteiger partial charge in [-0.15, -0.1) is 0 Å². The standard InChI is InChI=1S/C14H23NO5/c1-18-13(16)5-6-14(17)20-10-4-2-3-7-15-8-11-19-12-9-15/h5-6H,2-4,7-12H2,1H3/p+1/b6-5+. The molecule has 0 aromatic carbocycles. The fourth-order valence-corrected chi connectivity index (χ4v) is 1.99. The third-order valence-electron chi connectivity index (χ3n) is 3.18. The molecule has 0 aromatic rings. The van der Waals surface area contributed by atoms with Gasteiger partial charge in [0.15, 0.2) is 0 Å². The highest BCUT2D eigenvalue weighted by atomic mass is 16.5. The number of carbonyl (C=O) groups is 2. The van der Waals surface area contributed by atoms with Crippen molar-refractivity contribution in [2.24, 2.45) is 0 Å². The van der Waals surface area contributed by atoms with Crippen LogP contribution in [0.15, 0.2) is 12.2 Å². The minimum absolute atomic E-state index is 0.392. The first kappa shape index (κ1) is 16.7. The number of rotatable bonds is 8. The smallest absolute Gasteiger partial charge is 0.331 e. The molecule has 6 heteroatoms. The predicted octanol–water partition coefficient (Wildman–Crippen LogP) is -0.656. The number of methoxy groups -OCH3 is 1. The fourth-order valence-electron chi connectivity index (χ4n) is 1.99. The van der Waals surface area contributed by atoms with Gasteiger partial charge in [0.25, 0.3) is 0 Å². The molecule has 0 unspecified atom stereocenters. The van der Waals surface area contributed by atoms with E-state index in [4.69, 9.17) is 9.47 Å². The first-order valence-electron chi connectivity index (χ1n) is 7.06. The van der Waals surface area contributed by atoms with E-state index in [2.05, 4.69) is 4.74 Å². The van der Waals surface area contributed by atoms with E-state index in [9.17, 15) is 9.59 Å². The summed E-state index contributed by atoms with van der Waals surface area (Å²) in [6, 6.07) is 0. The molecule has 0 atom stereocenters. The summed E-state index contributed by atoms with van der Waals surface area (Å²) in [6.45, 7) is 5.45. The number of ether oxygens (including phenoxy) is 3. The molecule has 1 fully saturated rings. The number of quaternary nitrogens is 1. The van der Waals surface area contributed by atoms with Crippen LogP contribution in [-0.4, -0.2) is 58.5 Å². The molecule has 114 valence electrons. The van der Waals surface area contributed by atoms with Crippen LogP contribution in [0.5, 0.6) is 0 Å². The van der Waals surface area contributed by atoms with Crippen molar-refractivity contribution in [2.45, 2.75) is 19.3 Å². The van der Waals surface area contributed by atoms with Crippen LogP contribution in [0.2, 0.25) is 0 Å². The van der Waals surface area contributed by atoms with E-state index in [1.807, 2.05) is 0 Å². The van der Waals surface area contributed by atoms with E-state index in [1.165, 1.54) is 7.11 Å². The summed E-state index contributed by atoms with van der Waals surface area (Å²) in [5.41, 5.74) is 0. The van der Waals surface area contributed by atoms with Crippen molar-refractivity contribution in [2.75, 3.05) is 46.6 Å². The number of nitrogens with one attached hydrogen (secondary N) is 1. The van der Waals surface area contributed by atoms with Gasteiger partial charge in [0.2, 0.25) is 0 Å². The Kier molecular flexibility index (Phi) is 8.66. The summed E-state index contributed by atoms with van der Waals surface area (Å²) in [5.74, 6) is -1.07. The van der Waals surface area contributed by atoms with Crippen LogP contribution in [0.3, 0.4) is 0 Å². The molecule has 1 saturated heterocycles. The maximum atomic E-state index is 11.2. The van der Waals surface area contributed by atoms with E-state index < -0.39 is 11.9 Å². The lowest BCUT2D eigenvalue weighted by Crippen LogP contribution is -3.14. The van der Waals surface area contributed by atoms with Crippen LogP contribution < -0.4 is 4.90 Å². The molecule has 1 aliphatic rings. The number of carbonyl (C=O) groups excluding carboxylic acids is 2. The van der Waals surface area contributed by atoms with Crippen molar-refractivity contribution in [3.8, 4) is 0 Å². The summed E-state index contributed by atoms with van der Waals surface area (Å²) in [6.07, 6.45) is 5.17. The molecule has 1 heterocycles. The highest BCUT2D eigenvalue weighted by molar-refractivity contribution is 5.91. The average Bonchev–Trinajstić information content (AvgIpc) is 2.49. The normalized spacial score (nSPS) is 16.2.